The third kappa shape index (κ3) is 5.38. The number of para-hydroxylation sites is 1. The number of anilines is 1. The summed E-state index contributed by atoms with van der Waals surface area (Å²) in [6.07, 6.45) is 0.167. The third-order valence-electron chi connectivity index (χ3n) is 5.10. The SMILES string of the molecule is O=C(C[C@H]1Sc2ccccc2NC1=O)NCc1ccc(CN2CCOCC2)cc1. The maximum absolute atomic E-state index is 12.3. The Kier molecular flexibility index (Phi) is 6.49. The van der Waals surface area contributed by atoms with Crippen molar-refractivity contribution in [1.29, 1.82) is 0 Å². The van der Waals surface area contributed by atoms with Crippen LogP contribution in [-0.4, -0.2) is 48.3 Å². The van der Waals surface area contributed by atoms with E-state index in [0.29, 0.717) is 6.54 Å². The second-order valence-corrected chi connectivity index (χ2v) is 8.52. The minimum Gasteiger partial charge on any atom is -0.379 e. The molecule has 1 saturated heterocycles. The Morgan fingerprint density at radius 3 is 2.62 bits per heavy atom. The lowest BCUT2D eigenvalue weighted by molar-refractivity contribution is -0.124. The summed E-state index contributed by atoms with van der Waals surface area (Å²) in [7, 11) is 0. The van der Waals surface area contributed by atoms with Crippen LogP contribution in [0.5, 0.6) is 0 Å². The lowest BCUT2D eigenvalue weighted by Crippen LogP contribution is -2.35. The highest BCUT2D eigenvalue weighted by Gasteiger charge is 2.28. The summed E-state index contributed by atoms with van der Waals surface area (Å²) >= 11 is 1.45. The van der Waals surface area contributed by atoms with Crippen LogP contribution in [0.15, 0.2) is 53.4 Å². The van der Waals surface area contributed by atoms with E-state index in [9.17, 15) is 9.59 Å². The lowest BCUT2D eigenvalue weighted by Gasteiger charge is -2.26. The summed E-state index contributed by atoms with van der Waals surface area (Å²) in [6.45, 7) is 4.92. The van der Waals surface area contributed by atoms with Gasteiger partial charge >= 0.3 is 0 Å². The molecule has 152 valence electrons. The summed E-state index contributed by atoms with van der Waals surface area (Å²) in [5.74, 6) is -0.231. The highest BCUT2D eigenvalue weighted by atomic mass is 32.2. The Bertz CT molecular complexity index is 866. The lowest BCUT2D eigenvalue weighted by atomic mass is 10.1. The zero-order chi connectivity index (χ0) is 20.1. The maximum Gasteiger partial charge on any atom is 0.238 e. The smallest absolute Gasteiger partial charge is 0.238 e. The first-order valence-electron chi connectivity index (χ1n) is 9.88. The number of ether oxygens (including phenoxy) is 1. The van der Waals surface area contributed by atoms with Crippen LogP contribution < -0.4 is 10.6 Å². The zero-order valence-corrected chi connectivity index (χ0v) is 17.0. The van der Waals surface area contributed by atoms with Crippen LogP contribution >= 0.6 is 11.8 Å². The van der Waals surface area contributed by atoms with Gasteiger partial charge in [0.25, 0.3) is 0 Å². The molecule has 2 heterocycles. The first-order valence-corrected chi connectivity index (χ1v) is 10.8. The molecule has 0 aliphatic carbocycles. The average Bonchev–Trinajstić information content (AvgIpc) is 2.74. The number of nitrogens with one attached hydrogen (secondary N) is 2. The molecular weight excluding hydrogens is 386 g/mol. The van der Waals surface area contributed by atoms with Crippen molar-refractivity contribution >= 4 is 29.3 Å². The Hall–Kier alpha value is -2.35. The molecule has 0 aromatic heterocycles. The van der Waals surface area contributed by atoms with Crippen molar-refractivity contribution in [2.24, 2.45) is 0 Å². The molecule has 1 fully saturated rings. The van der Waals surface area contributed by atoms with E-state index >= 15 is 0 Å². The van der Waals surface area contributed by atoms with E-state index < -0.39 is 5.25 Å². The Labute approximate surface area is 175 Å². The largest absolute Gasteiger partial charge is 0.379 e. The predicted octanol–water partition coefficient (Wildman–Crippen LogP) is 2.64. The fraction of sp³-hybridized carbons (Fsp3) is 0.364. The predicted molar refractivity (Wildman–Crippen MR) is 114 cm³/mol. The number of amides is 2. The van der Waals surface area contributed by atoms with Crippen LogP contribution in [-0.2, 0) is 27.4 Å². The van der Waals surface area contributed by atoms with Crippen molar-refractivity contribution in [1.82, 2.24) is 10.2 Å². The minimum atomic E-state index is -0.402. The number of fused-ring (bicyclic) bond motifs is 1. The van der Waals surface area contributed by atoms with Crippen molar-refractivity contribution in [2.75, 3.05) is 31.6 Å². The zero-order valence-electron chi connectivity index (χ0n) is 16.2. The highest BCUT2D eigenvalue weighted by Crippen LogP contribution is 2.36. The second kappa shape index (κ2) is 9.43. The standard InChI is InChI=1S/C22H25N3O3S/c26-21(13-20-22(27)24-18-3-1-2-4-19(18)29-20)23-14-16-5-7-17(8-6-16)15-25-9-11-28-12-10-25/h1-8,20H,9-15H2,(H,23,26)(H,24,27)/t20-/m1/s1. The maximum atomic E-state index is 12.3. The fourth-order valence-electron chi connectivity index (χ4n) is 3.45. The number of thioether (sulfide) groups is 1. The number of nitrogens with zero attached hydrogens (tertiary/aromatic N) is 1. The number of rotatable bonds is 6. The molecule has 7 heteroatoms. The molecule has 4 rings (SSSR count). The monoisotopic (exact) mass is 411 g/mol. The number of carbonyl (C=O) groups is 2. The van der Waals surface area contributed by atoms with Gasteiger partial charge < -0.3 is 15.4 Å². The van der Waals surface area contributed by atoms with Crippen LogP contribution in [0, 0.1) is 0 Å². The molecule has 2 aromatic rings. The van der Waals surface area contributed by atoms with Gasteiger partial charge in [-0.1, -0.05) is 36.4 Å². The van der Waals surface area contributed by atoms with Crippen molar-refractivity contribution in [3.05, 3.63) is 59.7 Å². The van der Waals surface area contributed by atoms with Crippen LogP contribution in [0.4, 0.5) is 5.69 Å². The van der Waals surface area contributed by atoms with Gasteiger partial charge in [0.2, 0.25) is 11.8 Å². The first-order chi connectivity index (χ1) is 14.2. The van der Waals surface area contributed by atoms with Crippen LogP contribution in [0.25, 0.3) is 0 Å². The van der Waals surface area contributed by atoms with Gasteiger partial charge in [0, 0.05) is 37.5 Å². The van der Waals surface area contributed by atoms with Gasteiger partial charge in [0.1, 0.15) is 0 Å². The topological polar surface area (TPSA) is 70.7 Å². The van der Waals surface area contributed by atoms with Crippen LogP contribution in [0.2, 0.25) is 0 Å². The van der Waals surface area contributed by atoms with Gasteiger partial charge in [0.15, 0.2) is 0 Å². The van der Waals surface area contributed by atoms with E-state index in [1.54, 1.807) is 0 Å². The number of carbonyl (C=O) groups excluding carboxylic acids is 2. The summed E-state index contributed by atoms with van der Waals surface area (Å²) in [4.78, 5) is 28.0. The van der Waals surface area contributed by atoms with E-state index in [1.165, 1.54) is 17.3 Å². The Morgan fingerprint density at radius 2 is 1.83 bits per heavy atom. The molecule has 6 nitrogen and oxygen atoms in total. The molecule has 2 aliphatic rings. The summed E-state index contributed by atoms with van der Waals surface area (Å²) in [5, 5.41) is 5.41. The molecule has 0 radical (unpaired) electrons. The summed E-state index contributed by atoms with van der Waals surface area (Å²) in [6, 6.07) is 16.0. The Morgan fingerprint density at radius 1 is 1.10 bits per heavy atom. The Balaban J connectivity index is 1.25. The van der Waals surface area contributed by atoms with Gasteiger partial charge in [-0.2, -0.15) is 0 Å². The van der Waals surface area contributed by atoms with Crippen molar-refractivity contribution in [3.8, 4) is 0 Å². The van der Waals surface area contributed by atoms with Gasteiger partial charge in [-0.3, -0.25) is 14.5 Å². The fourth-order valence-corrected chi connectivity index (χ4v) is 4.56. The average molecular weight is 412 g/mol. The van der Waals surface area contributed by atoms with E-state index in [4.69, 9.17) is 4.74 Å². The number of benzene rings is 2. The second-order valence-electron chi connectivity index (χ2n) is 7.28. The van der Waals surface area contributed by atoms with Crippen molar-refractivity contribution < 1.29 is 14.3 Å². The molecule has 1 atom stereocenters. The van der Waals surface area contributed by atoms with Crippen LogP contribution in [0.3, 0.4) is 0 Å². The summed E-state index contributed by atoms with van der Waals surface area (Å²) < 4.78 is 5.38. The first kappa shape index (κ1) is 19.9. The molecule has 0 saturated carbocycles. The molecule has 2 aromatic carbocycles. The number of hydrogen-bond donors (Lipinski definition) is 2. The van der Waals surface area contributed by atoms with E-state index in [-0.39, 0.29) is 18.2 Å². The quantitative estimate of drug-likeness (QED) is 0.765. The van der Waals surface area contributed by atoms with Gasteiger partial charge in [-0.15, -0.1) is 11.8 Å². The van der Waals surface area contributed by atoms with Crippen LogP contribution in [0.1, 0.15) is 17.5 Å². The van der Waals surface area contributed by atoms with Crippen molar-refractivity contribution in [2.45, 2.75) is 29.7 Å². The molecule has 2 amide bonds. The van der Waals surface area contributed by atoms with E-state index in [0.717, 1.165) is 49.0 Å². The molecule has 2 aliphatic heterocycles. The highest BCUT2D eigenvalue weighted by molar-refractivity contribution is 8.01. The molecule has 2 N–H and O–H groups in total. The molecular formula is C22H25N3O3S. The van der Waals surface area contributed by atoms with Crippen molar-refractivity contribution in [3.63, 3.8) is 0 Å². The minimum absolute atomic E-state index is 0.115. The van der Waals surface area contributed by atoms with E-state index in [2.05, 4.69) is 27.7 Å². The molecule has 0 unspecified atom stereocenters. The van der Waals surface area contributed by atoms with Gasteiger partial charge in [0.05, 0.1) is 24.2 Å². The van der Waals surface area contributed by atoms with E-state index in [1.807, 2.05) is 36.4 Å². The molecule has 0 spiro atoms. The molecule has 29 heavy (non-hydrogen) atoms. The number of morpholine rings is 1. The molecule has 0 bridgehead atoms. The van der Waals surface area contributed by atoms with Gasteiger partial charge in [-0.25, -0.2) is 0 Å². The third-order valence-corrected chi connectivity index (χ3v) is 6.38. The van der Waals surface area contributed by atoms with Gasteiger partial charge in [-0.05, 0) is 23.3 Å². The number of hydrogen-bond acceptors (Lipinski definition) is 5. The summed E-state index contributed by atoms with van der Waals surface area (Å²) in [5.41, 5.74) is 3.13. The normalized spacial score (nSPS) is 19.3.